The molecule has 1 aliphatic heterocycles. The number of fused-ring (bicyclic) bond motifs is 1. The van der Waals surface area contributed by atoms with Crippen molar-refractivity contribution in [2.24, 2.45) is 0 Å². The average molecular weight is 208 g/mol. The lowest BCUT2D eigenvalue weighted by atomic mass is 10.2. The van der Waals surface area contributed by atoms with Gasteiger partial charge in [0.15, 0.2) is 0 Å². The quantitative estimate of drug-likeness (QED) is 0.751. The summed E-state index contributed by atoms with van der Waals surface area (Å²) in [5.74, 6) is 0.0898. The normalized spacial score (nSPS) is 14.4. The molecule has 1 aromatic carbocycles. The Hall–Kier alpha value is -1.00. The summed E-state index contributed by atoms with van der Waals surface area (Å²) in [6, 6.07) is 6.05. The van der Waals surface area contributed by atoms with E-state index in [0.29, 0.717) is 6.42 Å². The van der Waals surface area contributed by atoms with Crippen molar-refractivity contribution in [1.82, 2.24) is 4.31 Å². The second kappa shape index (κ2) is 3.63. The largest absolute Gasteiger partial charge is 0.326 e. The van der Waals surface area contributed by atoms with E-state index in [1.54, 1.807) is 11.9 Å². The third-order valence-electron chi connectivity index (χ3n) is 1.99. The van der Waals surface area contributed by atoms with Gasteiger partial charge >= 0.3 is 0 Å². The van der Waals surface area contributed by atoms with Crippen LogP contribution in [0.2, 0.25) is 0 Å². The predicted molar refractivity (Wildman–Crippen MR) is 58.3 cm³/mol. The van der Waals surface area contributed by atoms with Crippen LogP contribution in [0, 0.1) is 0 Å². The summed E-state index contributed by atoms with van der Waals surface area (Å²) in [6.45, 7) is 0. The number of nitrogens with one attached hydrogen (secondary N) is 1. The Kier molecular flexibility index (Phi) is 2.48. The van der Waals surface area contributed by atoms with Gasteiger partial charge in [0.1, 0.15) is 0 Å². The van der Waals surface area contributed by atoms with Crippen molar-refractivity contribution in [3.05, 3.63) is 23.8 Å². The molecule has 1 aliphatic rings. The number of rotatable bonds is 2. The van der Waals surface area contributed by atoms with E-state index in [1.165, 1.54) is 4.90 Å². The van der Waals surface area contributed by atoms with E-state index in [9.17, 15) is 4.79 Å². The van der Waals surface area contributed by atoms with Crippen molar-refractivity contribution < 1.29 is 4.79 Å². The first kappa shape index (κ1) is 9.55. The maximum absolute atomic E-state index is 11.1. The summed E-state index contributed by atoms with van der Waals surface area (Å²) in [7, 11) is 4.00. The van der Waals surface area contributed by atoms with Gasteiger partial charge in [0.05, 0.1) is 6.42 Å². The van der Waals surface area contributed by atoms with Crippen molar-refractivity contribution >= 4 is 23.5 Å². The van der Waals surface area contributed by atoms with Crippen molar-refractivity contribution in [1.29, 1.82) is 0 Å². The molecule has 0 spiro atoms. The zero-order valence-corrected chi connectivity index (χ0v) is 9.02. The fraction of sp³-hybridized carbons (Fsp3) is 0.300. The Balaban J connectivity index is 2.24. The minimum atomic E-state index is 0.0898. The third-order valence-corrected chi connectivity index (χ3v) is 2.82. The summed E-state index contributed by atoms with van der Waals surface area (Å²) < 4.78 is 2.03. The highest BCUT2D eigenvalue weighted by molar-refractivity contribution is 7.97. The van der Waals surface area contributed by atoms with Crippen LogP contribution in [-0.2, 0) is 11.2 Å². The number of hydrogen-bond acceptors (Lipinski definition) is 3. The molecule has 0 atom stereocenters. The van der Waals surface area contributed by atoms with Crippen molar-refractivity contribution in [2.75, 3.05) is 19.4 Å². The van der Waals surface area contributed by atoms with Crippen LogP contribution in [0.5, 0.6) is 0 Å². The van der Waals surface area contributed by atoms with Gasteiger partial charge in [0.25, 0.3) is 0 Å². The molecule has 1 aromatic rings. The lowest BCUT2D eigenvalue weighted by molar-refractivity contribution is -0.115. The molecular weight excluding hydrogens is 196 g/mol. The second-order valence-electron chi connectivity index (χ2n) is 3.45. The van der Waals surface area contributed by atoms with E-state index in [4.69, 9.17) is 0 Å². The van der Waals surface area contributed by atoms with E-state index < -0.39 is 0 Å². The summed E-state index contributed by atoms with van der Waals surface area (Å²) >= 11 is 1.66. The Bertz CT molecular complexity index is 376. The number of nitrogens with zero attached hydrogens (tertiary/aromatic N) is 1. The van der Waals surface area contributed by atoms with E-state index in [-0.39, 0.29) is 5.91 Å². The van der Waals surface area contributed by atoms with Gasteiger partial charge in [-0.2, -0.15) is 0 Å². The summed E-state index contributed by atoms with van der Waals surface area (Å²) in [4.78, 5) is 12.3. The van der Waals surface area contributed by atoms with Crippen LogP contribution in [0.15, 0.2) is 23.1 Å². The predicted octanol–water partition coefficient (Wildman–Crippen LogP) is 1.75. The Morgan fingerprint density at radius 2 is 2.21 bits per heavy atom. The van der Waals surface area contributed by atoms with Gasteiger partial charge in [-0.25, -0.2) is 0 Å². The van der Waals surface area contributed by atoms with Crippen LogP contribution < -0.4 is 5.32 Å². The lowest BCUT2D eigenvalue weighted by Gasteiger charge is -2.09. The molecule has 14 heavy (non-hydrogen) atoms. The molecule has 0 saturated carbocycles. The van der Waals surface area contributed by atoms with Gasteiger partial charge in [-0.3, -0.25) is 9.10 Å². The number of carbonyl (C=O) groups excluding carboxylic acids is 1. The zero-order chi connectivity index (χ0) is 10.1. The highest BCUT2D eigenvalue weighted by atomic mass is 32.2. The van der Waals surface area contributed by atoms with E-state index in [2.05, 4.69) is 11.4 Å². The lowest BCUT2D eigenvalue weighted by Crippen LogP contribution is -2.03. The second-order valence-corrected chi connectivity index (χ2v) is 4.83. The fourth-order valence-corrected chi connectivity index (χ4v) is 2.22. The van der Waals surface area contributed by atoms with Crippen LogP contribution in [0.1, 0.15) is 5.56 Å². The topological polar surface area (TPSA) is 32.3 Å². The molecule has 4 heteroatoms. The minimum absolute atomic E-state index is 0.0898. The number of benzene rings is 1. The van der Waals surface area contributed by atoms with Crippen molar-refractivity contribution in [3.63, 3.8) is 0 Å². The molecule has 0 unspecified atom stereocenters. The maximum Gasteiger partial charge on any atom is 0.228 e. The molecule has 0 aliphatic carbocycles. The fourth-order valence-electron chi connectivity index (χ4n) is 1.47. The van der Waals surface area contributed by atoms with E-state index >= 15 is 0 Å². The molecule has 2 rings (SSSR count). The van der Waals surface area contributed by atoms with Crippen LogP contribution in [0.4, 0.5) is 5.69 Å². The summed E-state index contributed by atoms with van der Waals surface area (Å²) in [5, 5.41) is 2.82. The van der Waals surface area contributed by atoms with Crippen LogP contribution in [0.3, 0.4) is 0 Å². The van der Waals surface area contributed by atoms with Gasteiger partial charge in [0, 0.05) is 10.6 Å². The standard InChI is InChI=1S/C10H12N2OS/c1-12(2)14-8-3-4-9-7(5-8)6-10(13)11-9/h3-5H,6H2,1-2H3,(H,11,13). The number of carbonyl (C=O) groups is 1. The zero-order valence-electron chi connectivity index (χ0n) is 8.20. The number of hydrogen-bond donors (Lipinski definition) is 1. The maximum atomic E-state index is 11.1. The first-order chi connectivity index (χ1) is 6.65. The van der Waals surface area contributed by atoms with Gasteiger partial charge in [-0.1, -0.05) is 0 Å². The van der Waals surface area contributed by atoms with Crippen LogP contribution >= 0.6 is 11.9 Å². The van der Waals surface area contributed by atoms with Crippen LogP contribution in [-0.4, -0.2) is 24.3 Å². The minimum Gasteiger partial charge on any atom is -0.326 e. The van der Waals surface area contributed by atoms with Gasteiger partial charge in [-0.05, 0) is 49.8 Å². The van der Waals surface area contributed by atoms with Gasteiger partial charge in [0.2, 0.25) is 5.91 Å². The molecule has 74 valence electrons. The Morgan fingerprint density at radius 3 is 2.93 bits per heavy atom. The summed E-state index contributed by atoms with van der Waals surface area (Å²) in [5.41, 5.74) is 2.06. The Labute approximate surface area is 87.6 Å². The molecule has 1 N–H and O–H groups in total. The van der Waals surface area contributed by atoms with Crippen LogP contribution in [0.25, 0.3) is 0 Å². The highest BCUT2D eigenvalue weighted by Crippen LogP contribution is 2.28. The average Bonchev–Trinajstić information content (AvgIpc) is 2.42. The molecule has 1 amide bonds. The highest BCUT2D eigenvalue weighted by Gasteiger charge is 2.17. The molecule has 0 fully saturated rings. The number of amides is 1. The van der Waals surface area contributed by atoms with E-state index in [0.717, 1.165) is 11.3 Å². The molecular formula is C10H12N2OS. The Morgan fingerprint density at radius 1 is 1.43 bits per heavy atom. The molecule has 0 bridgehead atoms. The first-order valence-corrected chi connectivity index (χ1v) is 5.20. The monoisotopic (exact) mass is 208 g/mol. The van der Waals surface area contributed by atoms with Crippen molar-refractivity contribution in [3.8, 4) is 0 Å². The molecule has 0 aromatic heterocycles. The van der Waals surface area contributed by atoms with Gasteiger partial charge in [-0.15, -0.1) is 0 Å². The number of anilines is 1. The summed E-state index contributed by atoms with van der Waals surface area (Å²) in [6.07, 6.45) is 0.511. The SMILES string of the molecule is CN(C)Sc1ccc2c(c1)CC(=O)N2. The van der Waals surface area contributed by atoms with E-state index in [1.807, 2.05) is 30.5 Å². The molecule has 3 nitrogen and oxygen atoms in total. The first-order valence-electron chi connectivity index (χ1n) is 4.43. The van der Waals surface area contributed by atoms with Crippen molar-refractivity contribution in [2.45, 2.75) is 11.3 Å². The third kappa shape index (κ3) is 1.91. The molecule has 0 saturated heterocycles. The molecule has 1 heterocycles. The smallest absolute Gasteiger partial charge is 0.228 e. The molecule has 0 radical (unpaired) electrons. The van der Waals surface area contributed by atoms with Gasteiger partial charge < -0.3 is 5.32 Å².